The summed E-state index contributed by atoms with van der Waals surface area (Å²) in [4.78, 5) is 39.9. The Hall–Kier alpha value is -2.64. The van der Waals surface area contributed by atoms with Crippen molar-refractivity contribution >= 4 is 23.5 Å². The molecular weight excluding hydrogens is 327 g/mol. The molecule has 0 aliphatic carbocycles. The number of amides is 4. The van der Waals surface area contributed by atoms with Crippen LogP contribution in [0.1, 0.15) is 24.8 Å². The number of carbonyl (C=O) groups excluding carboxylic acids is 3. The van der Waals surface area contributed by atoms with E-state index in [2.05, 4.69) is 10.6 Å². The molecule has 0 saturated carbocycles. The summed E-state index contributed by atoms with van der Waals surface area (Å²) < 4.78 is 13.4. The molecule has 1 atom stereocenters. The van der Waals surface area contributed by atoms with Crippen LogP contribution in [0.3, 0.4) is 0 Å². The quantitative estimate of drug-likeness (QED) is 0.840. The number of benzene rings is 1. The van der Waals surface area contributed by atoms with Gasteiger partial charge in [0, 0.05) is 44.8 Å². The van der Waals surface area contributed by atoms with Gasteiger partial charge in [-0.3, -0.25) is 9.59 Å². The van der Waals surface area contributed by atoms with Gasteiger partial charge in [0.25, 0.3) is 0 Å². The Morgan fingerprint density at radius 2 is 1.92 bits per heavy atom. The summed E-state index contributed by atoms with van der Waals surface area (Å²) in [5.41, 5.74) is 0.993. The molecule has 4 amide bonds. The summed E-state index contributed by atoms with van der Waals surface area (Å²) in [6.07, 6.45) is 0.0496. The third kappa shape index (κ3) is 3.57. The number of nitrogens with zero attached hydrogens (tertiary/aromatic N) is 2. The fourth-order valence-corrected chi connectivity index (χ4v) is 3.27. The van der Waals surface area contributed by atoms with Gasteiger partial charge in [0.1, 0.15) is 5.82 Å². The molecular formula is C17H21FN4O3. The third-order valence-electron chi connectivity index (χ3n) is 4.56. The number of urea groups is 1. The monoisotopic (exact) mass is 348 g/mol. The highest BCUT2D eigenvalue weighted by Gasteiger charge is 2.35. The summed E-state index contributed by atoms with van der Waals surface area (Å²) in [5.74, 6) is -1.52. The summed E-state index contributed by atoms with van der Waals surface area (Å²) in [6.45, 7) is 4.16. The van der Waals surface area contributed by atoms with E-state index in [4.69, 9.17) is 0 Å². The topological polar surface area (TPSA) is 81.8 Å². The minimum absolute atomic E-state index is 0.0496. The normalized spacial score (nSPS) is 19.9. The van der Waals surface area contributed by atoms with Gasteiger partial charge in [0.2, 0.25) is 11.8 Å². The highest BCUT2D eigenvalue weighted by molar-refractivity contribution is 6.01. The fraction of sp³-hybridized carbons (Fsp3) is 0.471. The van der Waals surface area contributed by atoms with Crippen LogP contribution in [0.15, 0.2) is 18.2 Å². The third-order valence-corrected chi connectivity index (χ3v) is 4.56. The first kappa shape index (κ1) is 17.2. The van der Waals surface area contributed by atoms with Gasteiger partial charge in [0.05, 0.1) is 5.92 Å². The minimum Gasteiger partial charge on any atom is -0.339 e. The van der Waals surface area contributed by atoms with Crippen LogP contribution in [-0.2, 0) is 9.59 Å². The molecule has 0 radical (unpaired) electrons. The van der Waals surface area contributed by atoms with Crippen LogP contribution in [0, 0.1) is 5.82 Å². The van der Waals surface area contributed by atoms with Crippen LogP contribution in [0.2, 0.25) is 0 Å². The SMILES string of the molecule is CCNC(=O)N1CCN(C(=O)C2CC(=O)Nc3cc(F)ccc32)CC1. The summed E-state index contributed by atoms with van der Waals surface area (Å²) in [5, 5.41) is 5.36. The van der Waals surface area contributed by atoms with E-state index in [0.29, 0.717) is 44.0 Å². The van der Waals surface area contributed by atoms with Crippen LogP contribution in [0.5, 0.6) is 0 Å². The Morgan fingerprint density at radius 1 is 1.24 bits per heavy atom. The largest absolute Gasteiger partial charge is 0.339 e. The first-order valence-corrected chi connectivity index (χ1v) is 8.40. The van der Waals surface area contributed by atoms with E-state index < -0.39 is 11.7 Å². The molecule has 2 aliphatic heterocycles. The zero-order valence-electron chi connectivity index (χ0n) is 14.0. The fourth-order valence-electron chi connectivity index (χ4n) is 3.27. The van der Waals surface area contributed by atoms with Gasteiger partial charge in [-0.25, -0.2) is 9.18 Å². The molecule has 25 heavy (non-hydrogen) atoms. The Balaban J connectivity index is 1.70. The molecule has 1 saturated heterocycles. The van der Waals surface area contributed by atoms with Gasteiger partial charge in [-0.1, -0.05) is 6.07 Å². The second-order valence-corrected chi connectivity index (χ2v) is 6.18. The first-order valence-electron chi connectivity index (χ1n) is 8.40. The highest BCUT2D eigenvalue weighted by Crippen LogP contribution is 2.34. The van der Waals surface area contributed by atoms with Crippen LogP contribution in [0.25, 0.3) is 0 Å². The number of piperazine rings is 1. The lowest BCUT2D eigenvalue weighted by Crippen LogP contribution is -2.54. The van der Waals surface area contributed by atoms with Gasteiger partial charge in [-0.05, 0) is 24.6 Å². The average molecular weight is 348 g/mol. The Morgan fingerprint density at radius 3 is 2.60 bits per heavy atom. The van der Waals surface area contributed by atoms with Crippen molar-refractivity contribution in [2.75, 3.05) is 38.0 Å². The molecule has 0 bridgehead atoms. The van der Waals surface area contributed by atoms with E-state index in [1.54, 1.807) is 15.9 Å². The molecule has 1 aromatic carbocycles. The number of hydrogen-bond donors (Lipinski definition) is 2. The van der Waals surface area contributed by atoms with Gasteiger partial charge < -0.3 is 20.4 Å². The molecule has 0 spiro atoms. The molecule has 3 rings (SSSR count). The molecule has 1 unspecified atom stereocenters. The molecule has 2 N–H and O–H groups in total. The van der Waals surface area contributed by atoms with Crippen molar-refractivity contribution in [2.45, 2.75) is 19.3 Å². The van der Waals surface area contributed by atoms with Crippen molar-refractivity contribution < 1.29 is 18.8 Å². The summed E-state index contributed by atoms with van der Waals surface area (Å²) >= 11 is 0. The molecule has 2 aliphatic rings. The number of halogens is 1. The Bertz CT molecular complexity index is 701. The number of hydrogen-bond acceptors (Lipinski definition) is 3. The summed E-state index contributed by atoms with van der Waals surface area (Å²) in [7, 11) is 0. The maximum atomic E-state index is 13.4. The molecule has 8 heteroatoms. The maximum absolute atomic E-state index is 13.4. The van der Waals surface area contributed by atoms with E-state index in [9.17, 15) is 18.8 Å². The second kappa shape index (κ2) is 7.08. The van der Waals surface area contributed by atoms with E-state index in [0.717, 1.165) is 0 Å². The molecule has 2 heterocycles. The van der Waals surface area contributed by atoms with Crippen molar-refractivity contribution in [1.82, 2.24) is 15.1 Å². The predicted octanol–water partition coefficient (Wildman–Crippen LogP) is 1.13. The number of carbonyl (C=O) groups is 3. The number of anilines is 1. The Labute approximate surface area is 145 Å². The van der Waals surface area contributed by atoms with Crippen LogP contribution < -0.4 is 10.6 Å². The lowest BCUT2D eigenvalue weighted by Gasteiger charge is -2.37. The molecule has 134 valence electrons. The number of fused-ring (bicyclic) bond motifs is 1. The van der Waals surface area contributed by atoms with Crippen LogP contribution in [0.4, 0.5) is 14.9 Å². The highest BCUT2D eigenvalue weighted by atomic mass is 19.1. The molecule has 1 fully saturated rings. The van der Waals surface area contributed by atoms with Gasteiger partial charge in [-0.15, -0.1) is 0 Å². The van der Waals surface area contributed by atoms with Crippen LogP contribution in [-0.4, -0.2) is 60.4 Å². The molecule has 7 nitrogen and oxygen atoms in total. The van der Waals surface area contributed by atoms with E-state index in [-0.39, 0.29) is 24.3 Å². The van der Waals surface area contributed by atoms with E-state index in [1.165, 1.54) is 12.1 Å². The van der Waals surface area contributed by atoms with Crippen molar-refractivity contribution in [3.05, 3.63) is 29.6 Å². The lowest BCUT2D eigenvalue weighted by molar-refractivity contribution is -0.136. The van der Waals surface area contributed by atoms with Crippen molar-refractivity contribution in [3.8, 4) is 0 Å². The first-order chi connectivity index (χ1) is 12.0. The predicted molar refractivity (Wildman–Crippen MR) is 89.6 cm³/mol. The van der Waals surface area contributed by atoms with Crippen molar-refractivity contribution in [2.24, 2.45) is 0 Å². The zero-order chi connectivity index (χ0) is 18.0. The minimum atomic E-state index is -0.611. The standard InChI is InChI=1S/C17H21FN4O3/c1-2-19-17(25)22-7-5-21(6-8-22)16(24)13-10-15(23)20-14-9-11(18)3-4-12(13)14/h3-4,9,13H,2,5-8,10H2,1H3,(H,19,25)(H,20,23). The van der Waals surface area contributed by atoms with Crippen LogP contribution >= 0.6 is 0 Å². The Kier molecular flexibility index (Phi) is 4.87. The lowest BCUT2D eigenvalue weighted by atomic mass is 9.89. The van der Waals surface area contributed by atoms with Crippen molar-refractivity contribution in [3.63, 3.8) is 0 Å². The maximum Gasteiger partial charge on any atom is 0.317 e. The molecule has 0 aromatic heterocycles. The number of rotatable bonds is 2. The second-order valence-electron chi connectivity index (χ2n) is 6.18. The van der Waals surface area contributed by atoms with Gasteiger partial charge in [0.15, 0.2) is 0 Å². The smallest absolute Gasteiger partial charge is 0.317 e. The van der Waals surface area contributed by atoms with Crippen molar-refractivity contribution in [1.29, 1.82) is 0 Å². The van der Waals surface area contributed by atoms with Gasteiger partial charge in [-0.2, -0.15) is 0 Å². The van der Waals surface area contributed by atoms with Gasteiger partial charge >= 0.3 is 6.03 Å². The van der Waals surface area contributed by atoms with E-state index >= 15 is 0 Å². The van der Waals surface area contributed by atoms with E-state index in [1.807, 2.05) is 6.92 Å². The molecule has 1 aromatic rings. The summed E-state index contributed by atoms with van der Waals surface area (Å²) in [6, 6.07) is 3.95. The average Bonchev–Trinajstić information content (AvgIpc) is 2.60. The number of nitrogens with one attached hydrogen (secondary N) is 2. The zero-order valence-corrected chi connectivity index (χ0v) is 14.0.